The van der Waals surface area contributed by atoms with Gasteiger partial charge < -0.3 is 10.1 Å². The van der Waals surface area contributed by atoms with E-state index in [0.717, 1.165) is 33.3 Å². The van der Waals surface area contributed by atoms with Gasteiger partial charge in [0.15, 0.2) is 0 Å². The largest absolute Gasteiger partial charge is 0.494 e. The van der Waals surface area contributed by atoms with Gasteiger partial charge in [-0.15, -0.1) is 11.3 Å². The average Bonchev–Trinajstić information content (AvgIpc) is 3.25. The lowest BCUT2D eigenvalue weighted by Crippen LogP contribution is -2.11. The fourth-order valence-corrected chi connectivity index (χ4v) is 4.06. The lowest BCUT2D eigenvalue weighted by Gasteiger charge is -2.07. The van der Waals surface area contributed by atoms with Gasteiger partial charge in [0.1, 0.15) is 10.8 Å². The minimum absolute atomic E-state index is 0.152. The minimum Gasteiger partial charge on any atom is -0.494 e. The SMILES string of the molecule is CCOc1ccc(C(=O)Nc2ccc(-c3csc(-c4ccccc4C)n3)cc2)cc1. The minimum atomic E-state index is -0.152. The van der Waals surface area contributed by atoms with Crippen LogP contribution >= 0.6 is 11.3 Å². The van der Waals surface area contributed by atoms with Crippen molar-refractivity contribution < 1.29 is 9.53 Å². The van der Waals surface area contributed by atoms with Crippen LogP contribution in [-0.2, 0) is 0 Å². The summed E-state index contributed by atoms with van der Waals surface area (Å²) in [5, 5.41) is 6.00. The Bertz CT molecular complexity index is 1150. The molecular formula is C25H22N2O2S. The number of nitrogens with one attached hydrogen (secondary N) is 1. The normalized spacial score (nSPS) is 10.6. The van der Waals surface area contributed by atoms with Crippen molar-refractivity contribution in [2.24, 2.45) is 0 Å². The third kappa shape index (κ3) is 4.42. The standard InChI is InChI=1S/C25H22N2O2S/c1-3-29-21-14-10-19(11-15-21)24(28)26-20-12-8-18(9-13-20)23-16-30-25(27-23)22-7-5-4-6-17(22)2/h4-16H,3H2,1-2H3,(H,26,28). The van der Waals surface area contributed by atoms with Crippen LogP contribution in [0.2, 0.25) is 0 Å². The molecule has 4 nitrogen and oxygen atoms in total. The number of aromatic nitrogens is 1. The molecule has 1 amide bonds. The molecule has 150 valence electrons. The maximum absolute atomic E-state index is 12.5. The van der Waals surface area contributed by atoms with E-state index in [9.17, 15) is 4.79 Å². The van der Waals surface area contributed by atoms with Crippen molar-refractivity contribution in [3.05, 3.63) is 89.3 Å². The quantitative estimate of drug-likeness (QED) is 0.395. The molecule has 0 fully saturated rings. The van der Waals surface area contributed by atoms with Gasteiger partial charge in [0.25, 0.3) is 5.91 Å². The van der Waals surface area contributed by atoms with Gasteiger partial charge in [-0.2, -0.15) is 0 Å². The summed E-state index contributed by atoms with van der Waals surface area (Å²) in [5.74, 6) is 0.605. The lowest BCUT2D eigenvalue weighted by atomic mass is 10.1. The second kappa shape index (κ2) is 8.93. The Morgan fingerprint density at radius 1 is 1.00 bits per heavy atom. The summed E-state index contributed by atoms with van der Waals surface area (Å²) in [7, 11) is 0. The van der Waals surface area contributed by atoms with Crippen molar-refractivity contribution in [1.29, 1.82) is 0 Å². The molecule has 30 heavy (non-hydrogen) atoms. The molecule has 0 aliphatic heterocycles. The Labute approximate surface area is 180 Å². The van der Waals surface area contributed by atoms with Crippen molar-refractivity contribution in [2.75, 3.05) is 11.9 Å². The predicted molar refractivity (Wildman–Crippen MR) is 123 cm³/mol. The van der Waals surface area contributed by atoms with Crippen molar-refractivity contribution in [3.63, 3.8) is 0 Å². The van der Waals surface area contributed by atoms with Gasteiger partial charge in [-0.05, 0) is 55.8 Å². The number of anilines is 1. The maximum Gasteiger partial charge on any atom is 0.255 e. The topological polar surface area (TPSA) is 51.2 Å². The fourth-order valence-electron chi connectivity index (χ4n) is 3.14. The summed E-state index contributed by atoms with van der Waals surface area (Å²) in [6.07, 6.45) is 0. The number of ether oxygens (including phenoxy) is 1. The van der Waals surface area contributed by atoms with E-state index in [4.69, 9.17) is 9.72 Å². The van der Waals surface area contributed by atoms with Crippen molar-refractivity contribution in [3.8, 4) is 27.6 Å². The Hall–Kier alpha value is -3.44. The second-order valence-electron chi connectivity index (χ2n) is 6.84. The zero-order valence-corrected chi connectivity index (χ0v) is 17.7. The lowest BCUT2D eigenvalue weighted by molar-refractivity contribution is 0.102. The Morgan fingerprint density at radius 2 is 1.73 bits per heavy atom. The summed E-state index contributed by atoms with van der Waals surface area (Å²) in [4.78, 5) is 17.3. The molecule has 0 saturated carbocycles. The summed E-state index contributed by atoms with van der Waals surface area (Å²) in [6, 6.07) is 23.1. The van der Waals surface area contributed by atoms with E-state index in [2.05, 4.69) is 29.8 Å². The van der Waals surface area contributed by atoms with Gasteiger partial charge >= 0.3 is 0 Å². The highest BCUT2D eigenvalue weighted by molar-refractivity contribution is 7.13. The van der Waals surface area contributed by atoms with Crippen molar-refractivity contribution in [2.45, 2.75) is 13.8 Å². The molecule has 4 aromatic rings. The molecule has 0 aliphatic carbocycles. The molecule has 0 spiro atoms. The summed E-state index contributed by atoms with van der Waals surface area (Å²) in [6.45, 7) is 4.63. The van der Waals surface area contributed by atoms with Crippen LogP contribution in [0, 0.1) is 6.92 Å². The molecule has 3 aromatic carbocycles. The highest BCUT2D eigenvalue weighted by atomic mass is 32.1. The van der Waals surface area contributed by atoms with E-state index in [0.29, 0.717) is 12.2 Å². The van der Waals surface area contributed by atoms with E-state index in [1.54, 1.807) is 35.6 Å². The zero-order chi connectivity index (χ0) is 20.9. The predicted octanol–water partition coefficient (Wildman–Crippen LogP) is 6.44. The number of hydrogen-bond acceptors (Lipinski definition) is 4. The van der Waals surface area contributed by atoms with Crippen LogP contribution < -0.4 is 10.1 Å². The van der Waals surface area contributed by atoms with Crippen LogP contribution in [0.25, 0.3) is 21.8 Å². The number of amides is 1. The monoisotopic (exact) mass is 414 g/mol. The van der Waals surface area contributed by atoms with E-state index < -0.39 is 0 Å². The van der Waals surface area contributed by atoms with Crippen LogP contribution in [0.15, 0.2) is 78.2 Å². The molecule has 0 bridgehead atoms. The Balaban J connectivity index is 1.45. The molecule has 0 unspecified atom stereocenters. The van der Waals surface area contributed by atoms with Crippen LogP contribution in [0.1, 0.15) is 22.8 Å². The number of carbonyl (C=O) groups excluding carboxylic acids is 1. The average molecular weight is 415 g/mol. The highest BCUT2D eigenvalue weighted by Gasteiger charge is 2.10. The van der Waals surface area contributed by atoms with Gasteiger partial charge in [0, 0.05) is 27.8 Å². The first kappa shape index (κ1) is 19.9. The number of hydrogen-bond donors (Lipinski definition) is 1. The smallest absolute Gasteiger partial charge is 0.255 e. The number of nitrogens with zero attached hydrogens (tertiary/aromatic N) is 1. The van der Waals surface area contributed by atoms with Gasteiger partial charge in [-0.25, -0.2) is 4.98 Å². The molecule has 0 atom stereocenters. The van der Waals surface area contributed by atoms with E-state index >= 15 is 0 Å². The van der Waals surface area contributed by atoms with Gasteiger partial charge in [-0.1, -0.05) is 36.4 Å². The molecule has 1 N–H and O–H groups in total. The summed E-state index contributed by atoms with van der Waals surface area (Å²) >= 11 is 1.64. The first-order chi connectivity index (χ1) is 14.6. The maximum atomic E-state index is 12.5. The van der Waals surface area contributed by atoms with Gasteiger partial charge in [0.2, 0.25) is 0 Å². The van der Waals surface area contributed by atoms with Gasteiger partial charge in [-0.3, -0.25) is 4.79 Å². The molecule has 0 aliphatic rings. The number of rotatable bonds is 6. The first-order valence-corrected chi connectivity index (χ1v) is 10.7. The third-order valence-corrected chi connectivity index (χ3v) is 5.62. The highest BCUT2D eigenvalue weighted by Crippen LogP contribution is 2.31. The fraction of sp³-hybridized carbons (Fsp3) is 0.120. The van der Waals surface area contributed by atoms with Crippen molar-refractivity contribution in [1.82, 2.24) is 4.98 Å². The Kier molecular flexibility index (Phi) is 5.91. The number of thiazole rings is 1. The molecule has 1 heterocycles. The van der Waals surface area contributed by atoms with E-state index in [1.165, 1.54) is 5.56 Å². The van der Waals surface area contributed by atoms with Crippen LogP contribution in [0.4, 0.5) is 5.69 Å². The van der Waals surface area contributed by atoms with Crippen molar-refractivity contribution >= 4 is 22.9 Å². The van der Waals surface area contributed by atoms with Crippen LogP contribution in [-0.4, -0.2) is 17.5 Å². The molecule has 4 rings (SSSR count). The molecular weight excluding hydrogens is 392 g/mol. The molecule has 5 heteroatoms. The molecule has 1 aromatic heterocycles. The molecule has 0 radical (unpaired) electrons. The second-order valence-corrected chi connectivity index (χ2v) is 7.70. The summed E-state index contributed by atoms with van der Waals surface area (Å²) < 4.78 is 5.41. The molecule has 0 saturated heterocycles. The first-order valence-electron chi connectivity index (χ1n) is 9.80. The van der Waals surface area contributed by atoms with Crippen LogP contribution in [0.3, 0.4) is 0 Å². The van der Waals surface area contributed by atoms with E-state index in [1.807, 2.05) is 43.3 Å². The Morgan fingerprint density at radius 3 is 2.43 bits per heavy atom. The zero-order valence-electron chi connectivity index (χ0n) is 16.9. The number of benzene rings is 3. The van der Waals surface area contributed by atoms with Crippen LogP contribution in [0.5, 0.6) is 5.75 Å². The summed E-state index contributed by atoms with van der Waals surface area (Å²) in [5.41, 5.74) is 5.66. The number of carbonyl (C=O) groups is 1. The van der Waals surface area contributed by atoms with E-state index in [-0.39, 0.29) is 5.91 Å². The number of aryl methyl sites for hydroxylation is 1. The third-order valence-electron chi connectivity index (χ3n) is 4.75. The van der Waals surface area contributed by atoms with Gasteiger partial charge in [0.05, 0.1) is 12.3 Å².